The Kier molecular flexibility index (Phi) is 38.8. The summed E-state index contributed by atoms with van der Waals surface area (Å²) in [4.78, 5) is 0. The molecule has 17 atom stereocenters. The normalized spacial score (nSPS) is 27.9. The van der Waals surface area contributed by atoms with Gasteiger partial charge >= 0.3 is 29.6 Å². The molecule has 0 aromatic rings. The van der Waals surface area contributed by atoms with E-state index in [-0.39, 0.29) is 42.8 Å². The van der Waals surface area contributed by atoms with Gasteiger partial charge in [0.1, 0.15) is 54.9 Å². The summed E-state index contributed by atoms with van der Waals surface area (Å²) in [5.74, 6) is 5.55. The minimum absolute atomic E-state index is 0. The number of hydrogen-bond acceptors (Lipinski definition) is 16. The number of hydrogen-bond donors (Lipinski definition) is 6. The standard InChI is InChI=1S/C55H108O16S.Na/c1-37(2)17-11-19-39(5)21-13-23-41(7)25-15-27-43(9)29-31-65-34-45(66-32-30-44(10)28-16-26-42(8)24-14-22-40(6)20-12-18-38(3)4)35-67-54-52(61)50(59)53(46(33-56)69-54)71-55-51(60)49(58)48(57)47(70-55)36-68-72(62,63)64;/h37-61H,11-36H2,1-10H3,(H,62,63,64);/q;+1/p-1/t39-,40-,41-,42-,43-,44-,45+,46-,47-,48+,49+,50-,51-,52-,53-,54-,55+;/m1./s1. The van der Waals surface area contributed by atoms with E-state index in [1.807, 2.05) is 0 Å². The second-order valence-electron chi connectivity index (χ2n) is 23.5. The predicted molar refractivity (Wildman–Crippen MR) is 278 cm³/mol. The average Bonchev–Trinajstić information content (AvgIpc) is 3.30. The number of ether oxygens (including phenoxy) is 6. The largest absolute Gasteiger partial charge is 1.00 e. The van der Waals surface area contributed by atoms with E-state index in [4.69, 9.17) is 28.4 Å². The van der Waals surface area contributed by atoms with Crippen LogP contribution in [0.15, 0.2) is 0 Å². The third-order valence-electron chi connectivity index (χ3n) is 15.2. The molecule has 0 radical (unpaired) electrons. The molecule has 16 nitrogen and oxygen atoms in total. The third kappa shape index (κ3) is 31.7. The van der Waals surface area contributed by atoms with Crippen LogP contribution in [-0.2, 0) is 43.0 Å². The molecule has 2 saturated heterocycles. The molecular formula is C55H107NaO16S. The maximum absolute atomic E-state index is 11.2. The quantitative estimate of drug-likeness (QED) is 0.0193. The van der Waals surface area contributed by atoms with E-state index in [1.54, 1.807) is 0 Å². The van der Waals surface area contributed by atoms with Crippen molar-refractivity contribution in [1.29, 1.82) is 0 Å². The van der Waals surface area contributed by atoms with E-state index >= 15 is 0 Å². The van der Waals surface area contributed by atoms with Crippen molar-refractivity contribution in [1.82, 2.24) is 0 Å². The van der Waals surface area contributed by atoms with Crippen molar-refractivity contribution in [3.8, 4) is 0 Å². The van der Waals surface area contributed by atoms with Crippen LogP contribution in [0.1, 0.15) is 198 Å². The van der Waals surface area contributed by atoms with Gasteiger partial charge in [-0.05, 0) is 60.2 Å². The Morgan fingerprint density at radius 2 is 0.890 bits per heavy atom. The second kappa shape index (κ2) is 39.7. The van der Waals surface area contributed by atoms with Crippen LogP contribution >= 0.6 is 0 Å². The Labute approximate surface area is 465 Å². The molecule has 2 fully saturated rings. The predicted octanol–water partition coefficient (Wildman–Crippen LogP) is 5.45. The SMILES string of the molecule is CC(C)CCC[C@@H](C)CCC[C@@H](C)CCC[C@@H](C)CCOC[C@@H](CO[C@@H]1O[C@H](CO)[C@@H](O[C@@H]2O[C@H](COS(=O)(=O)[O-])[C@H](O)[C@H](O)[C@H]2O)[C@H](O)[C@H]1O)OCC[C@H](C)CCC[C@H](C)CCC[C@H](C)CCCC(C)C.[Na+]. The molecule has 0 bridgehead atoms. The van der Waals surface area contributed by atoms with Gasteiger partial charge in [0.25, 0.3) is 0 Å². The summed E-state index contributed by atoms with van der Waals surface area (Å²) in [5, 5.41) is 64.0. The fraction of sp³-hybridized carbons (Fsp3) is 1.00. The second-order valence-corrected chi connectivity index (χ2v) is 24.5. The molecule has 2 rings (SSSR count). The summed E-state index contributed by atoms with van der Waals surface area (Å²) in [6, 6.07) is 0. The van der Waals surface area contributed by atoms with Crippen molar-refractivity contribution >= 4 is 10.4 Å². The molecule has 0 aromatic heterocycles. The van der Waals surface area contributed by atoms with Crippen molar-refractivity contribution in [2.24, 2.45) is 47.3 Å². The van der Waals surface area contributed by atoms with Crippen molar-refractivity contribution in [3.63, 3.8) is 0 Å². The molecule has 0 aromatic carbocycles. The molecule has 0 amide bonds. The Morgan fingerprint density at radius 3 is 1.32 bits per heavy atom. The summed E-state index contributed by atoms with van der Waals surface area (Å²) in [6.07, 6.45) is 6.96. The summed E-state index contributed by atoms with van der Waals surface area (Å²) in [6.45, 7) is 22.7. The molecule has 0 spiro atoms. The van der Waals surface area contributed by atoms with Gasteiger partial charge in [-0.15, -0.1) is 0 Å². The fourth-order valence-electron chi connectivity index (χ4n) is 9.99. The fourth-order valence-corrected chi connectivity index (χ4v) is 10.3. The summed E-state index contributed by atoms with van der Waals surface area (Å²) in [7, 11) is -5.20. The van der Waals surface area contributed by atoms with Crippen molar-refractivity contribution in [2.75, 3.05) is 39.6 Å². The zero-order valence-corrected chi connectivity index (χ0v) is 50.3. The zero-order chi connectivity index (χ0) is 53.8. The van der Waals surface area contributed by atoms with Crippen molar-refractivity contribution in [3.05, 3.63) is 0 Å². The number of aliphatic hydroxyl groups excluding tert-OH is 6. The first-order chi connectivity index (χ1) is 34.0. The maximum Gasteiger partial charge on any atom is 1.00 e. The van der Waals surface area contributed by atoms with E-state index in [0.29, 0.717) is 31.0 Å². The Morgan fingerprint density at radius 1 is 0.493 bits per heavy atom. The van der Waals surface area contributed by atoms with Gasteiger partial charge in [-0.1, -0.05) is 185 Å². The van der Waals surface area contributed by atoms with Gasteiger partial charge in [0.05, 0.1) is 26.4 Å². The van der Waals surface area contributed by atoms with Crippen LogP contribution in [0.5, 0.6) is 0 Å². The number of aliphatic hydroxyl groups is 6. The van der Waals surface area contributed by atoms with Crippen LogP contribution in [0.3, 0.4) is 0 Å². The van der Waals surface area contributed by atoms with Crippen LogP contribution in [-0.4, -0.2) is 151 Å². The minimum Gasteiger partial charge on any atom is -0.726 e. The summed E-state index contributed by atoms with van der Waals surface area (Å²) < 4.78 is 72.7. The molecule has 73 heavy (non-hydrogen) atoms. The maximum atomic E-state index is 11.2. The minimum atomic E-state index is -5.20. The van der Waals surface area contributed by atoms with Gasteiger partial charge in [0.2, 0.25) is 10.4 Å². The molecule has 0 saturated carbocycles. The van der Waals surface area contributed by atoms with Crippen molar-refractivity contribution < 1.29 is 106 Å². The van der Waals surface area contributed by atoms with E-state index in [0.717, 1.165) is 55.3 Å². The Balaban J connectivity index is 0.0000266. The molecule has 0 unspecified atom stereocenters. The first-order valence-electron chi connectivity index (χ1n) is 28.4. The summed E-state index contributed by atoms with van der Waals surface area (Å²) >= 11 is 0. The topological polar surface area (TPSA) is 243 Å². The van der Waals surface area contributed by atoms with E-state index in [2.05, 4.69) is 73.4 Å². The first kappa shape index (κ1) is 71.4. The van der Waals surface area contributed by atoms with Crippen LogP contribution in [0.25, 0.3) is 0 Å². The molecular weight excluding hydrogens is 972 g/mol. The van der Waals surface area contributed by atoms with Gasteiger partial charge in [0, 0.05) is 13.2 Å². The molecule has 0 aliphatic carbocycles. The smallest absolute Gasteiger partial charge is 0.726 e. The number of rotatable bonds is 42. The zero-order valence-electron chi connectivity index (χ0n) is 47.5. The van der Waals surface area contributed by atoms with Gasteiger partial charge < -0.3 is 63.6 Å². The van der Waals surface area contributed by atoms with E-state index < -0.39 is 91.1 Å². The van der Waals surface area contributed by atoms with Crippen LogP contribution in [0.4, 0.5) is 0 Å². The Bertz CT molecular complexity index is 1450. The van der Waals surface area contributed by atoms with Gasteiger partial charge in [-0.3, -0.25) is 4.18 Å². The molecule has 2 heterocycles. The Hall–Kier alpha value is 0.390. The van der Waals surface area contributed by atoms with Gasteiger partial charge in [-0.2, -0.15) is 0 Å². The third-order valence-corrected chi connectivity index (χ3v) is 15.6. The van der Waals surface area contributed by atoms with Gasteiger partial charge in [0.15, 0.2) is 12.6 Å². The van der Waals surface area contributed by atoms with E-state index in [1.165, 1.54) is 103 Å². The molecule has 6 N–H and O–H groups in total. The van der Waals surface area contributed by atoms with E-state index in [9.17, 15) is 43.6 Å². The average molecular weight is 1080 g/mol. The van der Waals surface area contributed by atoms with Crippen LogP contribution in [0.2, 0.25) is 0 Å². The molecule has 2 aliphatic heterocycles. The monoisotopic (exact) mass is 1080 g/mol. The van der Waals surface area contributed by atoms with Crippen LogP contribution in [0, 0.1) is 47.3 Å². The summed E-state index contributed by atoms with van der Waals surface area (Å²) in [5.41, 5.74) is 0. The molecule has 18 heteroatoms. The van der Waals surface area contributed by atoms with Gasteiger partial charge in [-0.25, -0.2) is 8.42 Å². The molecule has 2 aliphatic rings. The van der Waals surface area contributed by atoms with Crippen molar-refractivity contribution in [2.45, 2.75) is 265 Å². The first-order valence-corrected chi connectivity index (χ1v) is 29.7. The molecule has 430 valence electrons. The van der Waals surface area contributed by atoms with Crippen LogP contribution < -0.4 is 29.6 Å².